The molecule has 0 aliphatic heterocycles. The fraction of sp³-hybridized carbons (Fsp3) is 1.00. The van der Waals surface area contributed by atoms with Gasteiger partial charge in [0.15, 0.2) is 0 Å². The van der Waals surface area contributed by atoms with Crippen molar-refractivity contribution in [3.8, 4) is 0 Å². The molecule has 0 N–H and O–H groups in total. The van der Waals surface area contributed by atoms with Gasteiger partial charge in [0.2, 0.25) is 0 Å². The Bertz CT molecular complexity index is 11.6. The Labute approximate surface area is 46.1 Å². The summed E-state index contributed by atoms with van der Waals surface area (Å²) in [7, 11) is 6.00. The number of nitrogens with zero attached hydrogens (tertiary/aromatic N) is 1. The van der Waals surface area contributed by atoms with Crippen LogP contribution in [0.3, 0.4) is 0 Å². The van der Waals surface area contributed by atoms with Crippen molar-refractivity contribution in [2.75, 3.05) is 21.1 Å². The van der Waals surface area contributed by atoms with Crippen LogP contribution in [0.4, 0.5) is 0 Å². The normalized spacial score (nSPS) is 7.20. The fourth-order valence-corrected chi connectivity index (χ4v) is 0. The first-order valence-electron chi connectivity index (χ1n) is 1.34. The molecule has 0 unspecified atom stereocenters. The zero-order valence-corrected chi connectivity index (χ0v) is 5.42. The van der Waals surface area contributed by atoms with Gasteiger partial charge >= 0.3 is 0 Å². The van der Waals surface area contributed by atoms with Crippen LogP contribution in [0.25, 0.3) is 0 Å². The Kier molecular flexibility index (Phi) is 8.37. The van der Waals surface area contributed by atoms with Gasteiger partial charge in [0.25, 0.3) is 0 Å². The molecule has 0 rings (SSSR count). The molecule has 0 amide bonds. The van der Waals surface area contributed by atoms with Gasteiger partial charge in [-0.3, -0.25) is 0 Å². The summed E-state index contributed by atoms with van der Waals surface area (Å²) in [5, 5.41) is 0. The first-order valence-corrected chi connectivity index (χ1v) is 1.34. The zero-order valence-electron chi connectivity index (χ0n) is 3.78. The van der Waals surface area contributed by atoms with E-state index in [9.17, 15) is 0 Å². The summed E-state index contributed by atoms with van der Waals surface area (Å²) < 4.78 is 0. The van der Waals surface area contributed by atoms with Gasteiger partial charge in [-0.15, -0.1) is 0 Å². The standard InChI is InChI=1S/C3H9N.Rh/c1-4(2)3;/h1-3H3;. The molecule has 0 fully saturated rings. The summed E-state index contributed by atoms with van der Waals surface area (Å²) in [4.78, 5) is 2.00. The summed E-state index contributed by atoms with van der Waals surface area (Å²) in [6, 6.07) is 0. The molecule has 0 saturated heterocycles. The topological polar surface area (TPSA) is 3.24 Å². The maximum Gasteiger partial charge on any atom is 0 e. The maximum atomic E-state index is 2.00. The van der Waals surface area contributed by atoms with Gasteiger partial charge in [0.1, 0.15) is 0 Å². The van der Waals surface area contributed by atoms with Gasteiger partial charge in [0.05, 0.1) is 0 Å². The molecule has 2 heteroatoms. The Morgan fingerprint density at radius 2 is 1.00 bits per heavy atom. The van der Waals surface area contributed by atoms with Gasteiger partial charge in [-0.1, -0.05) is 0 Å². The SMILES string of the molecule is CN(C)C.[Rh]. The number of hydrogen-bond acceptors (Lipinski definition) is 1. The summed E-state index contributed by atoms with van der Waals surface area (Å²) in [5.41, 5.74) is 0. The van der Waals surface area contributed by atoms with Gasteiger partial charge < -0.3 is 4.90 Å². The Hall–Kier alpha value is 0.583. The Morgan fingerprint density at radius 3 is 1.00 bits per heavy atom. The zero-order chi connectivity index (χ0) is 3.58. The molecule has 0 aliphatic rings. The molecule has 5 heavy (non-hydrogen) atoms. The third-order valence-corrected chi connectivity index (χ3v) is 0. The van der Waals surface area contributed by atoms with Gasteiger partial charge in [-0.05, 0) is 21.1 Å². The predicted octanol–water partition coefficient (Wildman–Crippen LogP) is 0.175. The van der Waals surface area contributed by atoms with Crippen LogP contribution in [-0.2, 0) is 19.5 Å². The first kappa shape index (κ1) is 9.13. The van der Waals surface area contributed by atoms with Crippen molar-refractivity contribution in [1.82, 2.24) is 4.90 Å². The molecular weight excluding hydrogens is 153 g/mol. The molecule has 0 aromatic rings. The molecule has 1 radical (unpaired) electrons. The van der Waals surface area contributed by atoms with E-state index in [0.717, 1.165) is 0 Å². The molecule has 0 aliphatic carbocycles. The Balaban J connectivity index is 0. The predicted molar refractivity (Wildman–Crippen MR) is 19.6 cm³/mol. The third-order valence-electron chi connectivity index (χ3n) is 0. The van der Waals surface area contributed by atoms with Crippen molar-refractivity contribution in [3.05, 3.63) is 0 Å². The van der Waals surface area contributed by atoms with E-state index in [1.165, 1.54) is 0 Å². The largest absolute Gasteiger partial charge is 0.312 e. The molecule has 0 saturated carbocycles. The van der Waals surface area contributed by atoms with Crippen LogP contribution in [0.15, 0.2) is 0 Å². The molecule has 0 aromatic carbocycles. The second-order valence-corrected chi connectivity index (χ2v) is 1.34. The fourth-order valence-electron chi connectivity index (χ4n) is 0. The van der Waals surface area contributed by atoms with Crippen LogP contribution in [-0.4, -0.2) is 26.0 Å². The van der Waals surface area contributed by atoms with Gasteiger partial charge in [-0.25, -0.2) is 0 Å². The molecule has 1 nitrogen and oxygen atoms in total. The smallest absolute Gasteiger partial charge is 0 e. The van der Waals surface area contributed by atoms with Crippen molar-refractivity contribution in [1.29, 1.82) is 0 Å². The van der Waals surface area contributed by atoms with E-state index in [-0.39, 0.29) is 19.5 Å². The van der Waals surface area contributed by atoms with E-state index in [4.69, 9.17) is 0 Å². The number of rotatable bonds is 0. The van der Waals surface area contributed by atoms with Gasteiger partial charge in [-0.2, -0.15) is 0 Å². The molecule has 0 heterocycles. The summed E-state index contributed by atoms with van der Waals surface area (Å²) in [5.74, 6) is 0. The maximum absolute atomic E-state index is 2.00. The minimum atomic E-state index is 0. The summed E-state index contributed by atoms with van der Waals surface area (Å²) in [6.07, 6.45) is 0. The van der Waals surface area contributed by atoms with Crippen LogP contribution in [0, 0.1) is 0 Å². The minimum absolute atomic E-state index is 0. The summed E-state index contributed by atoms with van der Waals surface area (Å²) in [6.45, 7) is 0. The average Bonchev–Trinajstić information content (AvgIpc) is 0.811. The van der Waals surface area contributed by atoms with Crippen LogP contribution in [0.2, 0.25) is 0 Å². The van der Waals surface area contributed by atoms with Crippen molar-refractivity contribution < 1.29 is 19.5 Å². The minimum Gasteiger partial charge on any atom is -0.312 e. The first-order chi connectivity index (χ1) is 1.73. The van der Waals surface area contributed by atoms with Crippen molar-refractivity contribution in [3.63, 3.8) is 0 Å². The Morgan fingerprint density at radius 1 is 1.00 bits per heavy atom. The van der Waals surface area contributed by atoms with Gasteiger partial charge in [0, 0.05) is 19.5 Å². The second kappa shape index (κ2) is 4.58. The monoisotopic (exact) mass is 162 g/mol. The van der Waals surface area contributed by atoms with E-state index in [1.54, 1.807) is 0 Å². The molecule has 0 spiro atoms. The molecule has 35 valence electrons. The van der Waals surface area contributed by atoms with Crippen LogP contribution >= 0.6 is 0 Å². The average molecular weight is 162 g/mol. The van der Waals surface area contributed by atoms with Crippen LogP contribution < -0.4 is 0 Å². The van der Waals surface area contributed by atoms with Crippen LogP contribution in [0.5, 0.6) is 0 Å². The van der Waals surface area contributed by atoms with E-state index < -0.39 is 0 Å². The molecule has 0 bridgehead atoms. The van der Waals surface area contributed by atoms with Crippen molar-refractivity contribution in [2.45, 2.75) is 0 Å². The van der Waals surface area contributed by atoms with Crippen molar-refractivity contribution >= 4 is 0 Å². The van der Waals surface area contributed by atoms with E-state index in [2.05, 4.69) is 0 Å². The second-order valence-electron chi connectivity index (χ2n) is 1.34. The van der Waals surface area contributed by atoms with E-state index in [1.807, 2.05) is 26.0 Å². The molecule has 0 atom stereocenters. The summed E-state index contributed by atoms with van der Waals surface area (Å²) >= 11 is 0. The third kappa shape index (κ3) is 89.9. The quantitative estimate of drug-likeness (QED) is 0.459. The van der Waals surface area contributed by atoms with Crippen LogP contribution in [0.1, 0.15) is 0 Å². The van der Waals surface area contributed by atoms with E-state index in [0.29, 0.717) is 0 Å². The number of hydrogen-bond donors (Lipinski definition) is 0. The molecule has 0 aromatic heterocycles. The van der Waals surface area contributed by atoms with Crippen molar-refractivity contribution in [2.24, 2.45) is 0 Å². The van der Waals surface area contributed by atoms with E-state index >= 15 is 0 Å². The molecular formula is C3H9NRh.